The van der Waals surface area contributed by atoms with Crippen LogP contribution in [0.5, 0.6) is 0 Å². The predicted octanol–water partition coefficient (Wildman–Crippen LogP) is 2.17. The topological polar surface area (TPSA) is 68.0 Å². The van der Waals surface area contributed by atoms with Crippen LogP contribution in [0, 0.1) is 0 Å². The summed E-state index contributed by atoms with van der Waals surface area (Å²) in [5.41, 5.74) is 6.31. The quantitative estimate of drug-likeness (QED) is 0.694. The fraction of sp³-hybridized carbons (Fsp3) is 0.571. The van der Waals surface area contributed by atoms with Crippen LogP contribution in [0.25, 0.3) is 0 Å². The highest BCUT2D eigenvalue weighted by Crippen LogP contribution is 2.09. The largest absolute Gasteiger partial charge is 0.348 e. The summed E-state index contributed by atoms with van der Waals surface area (Å²) >= 11 is 0. The van der Waals surface area contributed by atoms with Gasteiger partial charge in [0.2, 0.25) is 5.91 Å². The number of rotatable bonds is 8. The van der Waals surface area contributed by atoms with Gasteiger partial charge in [-0.05, 0) is 38.4 Å². The van der Waals surface area contributed by atoms with Crippen molar-refractivity contribution in [1.29, 1.82) is 0 Å². The first kappa shape index (κ1) is 14.6. The van der Waals surface area contributed by atoms with Crippen molar-refractivity contribution in [2.75, 3.05) is 6.54 Å². The molecule has 1 heterocycles. The smallest absolute Gasteiger partial charge is 0.220 e. The summed E-state index contributed by atoms with van der Waals surface area (Å²) in [7, 11) is 0. The summed E-state index contributed by atoms with van der Waals surface area (Å²) in [5.74, 6) is 0.0981. The number of carbonyl (C=O) groups excluding carboxylic acids is 1. The van der Waals surface area contributed by atoms with Crippen molar-refractivity contribution >= 4 is 5.91 Å². The van der Waals surface area contributed by atoms with Crippen LogP contribution in [0.2, 0.25) is 0 Å². The van der Waals surface area contributed by atoms with Gasteiger partial charge < -0.3 is 11.1 Å². The van der Waals surface area contributed by atoms with Crippen LogP contribution < -0.4 is 11.1 Å². The minimum atomic E-state index is -0.0252. The molecule has 1 amide bonds. The van der Waals surface area contributed by atoms with Gasteiger partial charge in [-0.25, -0.2) is 0 Å². The normalized spacial score (nSPS) is 12.1. The first-order valence-corrected chi connectivity index (χ1v) is 6.64. The van der Waals surface area contributed by atoms with E-state index < -0.39 is 0 Å². The van der Waals surface area contributed by atoms with E-state index in [0.29, 0.717) is 6.42 Å². The minimum absolute atomic E-state index is 0.0252. The molecule has 100 valence electrons. The predicted molar refractivity (Wildman–Crippen MR) is 72.9 cm³/mol. The Bertz CT molecular complexity index is 340. The highest BCUT2D eigenvalue weighted by atomic mass is 16.1. The second-order valence-electron chi connectivity index (χ2n) is 4.50. The second-order valence-corrected chi connectivity index (χ2v) is 4.50. The van der Waals surface area contributed by atoms with Gasteiger partial charge in [0.15, 0.2) is 0 Å². The minimum Gasteiger partial charge on any atom is -0.348 e. The van der Waals surface area contributed by atoms with Crippen LogP contribution in [0.3, 0.4) is 0 Å². The van der Waals surface area contributed by atoms with Crippen LogP contribution in [0.15, 0.2) is 24.4 Å². The van der Waals surface area contributed by atoms with Crippen LogP contribution in [-0.2, 0) is 4.79 Å². The molecule has 18 heavy (non-hydrogen) atoms. The molecular formula is C14H23N3O. The fourth-order valence-electron chi connectivity index (χ4n) is 1.80. The zero-order valence-corrected chi connectivity index (χ0v) is 11.1. The number of nitrogens with zero attached hydrogens (tertiary/aromatic N) is 1. The molecule has 0 fully saturated rings. The summed E-state index contributed by atoms with van der Waals surface area (Å²) in [4.78, 5) is 15.9. The summed E-state index contributed by atoms with van der Waals surface area (Å²) < 4.78 is 0. The molecule has 1 rings (SSSR count). The first-order valence-electron chi connectivity index (χ1n) is 6.64. The van der Waals surface area contributed by atoms with Crippen molar-refractivity contribution in [1.82, 2.24) is 10.3 Å². The van der Waals surface area contributed by atoms with E-state index in [2.05, 4.69) is 10.3 Å². The molecule has 0 aliphatic heterocycles. The van der Waals surface area contributed by atoms with Crippen molar-refractivity contribution in [3.8, 4) is 0 Å². The van der Waals surface area contributed by atoms with Crippen LogP contribution in [0.4, 0.5) is 0 Å². The van der Waals surface area contributed by atoms with E-state index in [0.717, 1.165) is 37.9 Å². The van der Waals surface area contributed by atoms with Gasteiger partial charge in [0, 0.05) is 12.6 Å². The number of pyridine rings is 1. The fourth-order valence-corrected chi connectivity index (χ4v) is 1.80. The Hall–Kier alpha value is -1.42. The number of unbranched alkanes of at least 4 members (excludes halogenated alkanes) is 3. The number of hydrogen-bond acceptors (Lipinski definition) is 3. The lowest BCUT2D eigenvalue weighted by molar-refractivity contribution is -0.121. The zero-order valence-electron chi connectivity index (χ0n) is 11.1. The average Bonchev–Trinajstić information content (AvgIpc) is 2.39. The lowest BCUT2D eigenvalue weighted by Crippen LogP contribution is -2.26. The molecule has 4 heteroatoms. The number of nitrogens with two attached hydrogens (primary N) is 1. The van der Waals surface area contributed by atoms with Crippen molar-refractivity contribution in [2.24, 2.45) is 5.73 Å². The van der Waals surface area contributed by atoms with E-state index in [4.69, 9.17) is 5.73 Å². The summed E-state index contributed by atoms with van der Waals surface area (Å²) in [6.07, 6.45) is 6.49. The molecule has 0 aliphatic carbocycles. The number of aromatic nitrogens is 1. The highest BCUT2D eigenvalue weighted by molar-refractivity contribution is 5.76. The Morgan fingerprint density at radius 1 is 1.33 bits per heavy atom. The third-order valence-corrected chi connectivity index (χ3v) is 2.87. The lowest BCUT2D eigenvalue weighted by Gasteiger charge is -2.13. The van der Waals surface area contributed by atoms with E-state index in [-0.39, 0.29) is 11.9 Å². The Kier molecular flexibility index (Phi) is 7.03. The molecule has 0 saturated heterocycles. The molecule has 3 N–H and O–H groups in total. The summed E-state index contributed by atoms with van der Waals surface area (Å²) in [5, 5.41) is 2.96. The van der Waals surface area contributed by atoms with Crippen molar-refractivity contribution in [2.45, 2.75) is 45.1 Å². The number of nitrogens with one attached hydrogen (secondary N) is 1. The van der Waals surface area contributed by atoms with Crippen LogP contribution >= 0.6 is 0 Å². The van der Waals surface area contributed by atoms with Gasteiger partial charge in [-0.15, -0.1) is 0 Å². The molecule has 0 spiro atoms. The molecule has 0 saturated carbocycles. The Morgan fingerprint density at radius 2 is 2.11 bits per heavy atom. The monoisotopic (exact) mass is 249 g/mol. The van der Waals surface area contributed by atoms with Crippen LogP contribution in [0.1, 0.15) is 50.8 Å². The van der Waals surface area contributed by atoms with Gasteiger partial charge in [0.25, 0.3) is 0 Å². The maximum Gasteiger partial charge on any atom is 0.220 e. The van der Waals surface area contributed by atoms with E-state index in [9.17, 15) is 4.79 Å². The van der Waals surface area contributed by atoms with Crippen molar-refractivity contribution in [3.05, 3.63) is 30.1 Å². The maximum atomic E-state index is 11.7. The van der Waals surface area contributed by atoms with Gasteiger partial charge in [0.05, 0.1) is 11.7 Å². The van der Waals surface area contributed by atoms with Gasteiger partial charge in [0.1, 0.15) is 0 Å². The molecule has 1 aromatic rings. The van der Waals surface area contributed by atoms with Gasteiger partial charge >= 0.3 is 0 Å². The lowest BCUT2D eigenvalue weighted by atomic mass is 10.1. The van der Waals surface area contributed by atoms with Crippen LogP contribution in [-0.4, -0.2) is 17.4 Å². The van der Waals surface area contributed by atoms with Gasteiger partial charge in [-0.2, -0.15) is 0 Å². The number of amides is 1. The number of carbonyl (C=O) groups is 1. The van der Waals surface area contributed by atoms with Gasteiger partial charge in [-0.1, -0.05) is 18.9 Å². The molecule has 0 aliphatic rings. The highest BCUT2D eigenvalue weighted by Gasteiger charge is 2.09. The summed E-state index contributed by atoms with van der Waals surface area (Å²) in [6, 6.07) is 5.70. The molecule has 1 aromatic heterocycles. The standard InChI is InChI=1S/C14H23N3O/c1-12(13-8-5-7-11-16-13)17-14(18)9-4-2-3-6-10-15/h5,7-8,11-12H,2-4,6,9-10,15H2,1H3,(H,17,18). The summed E-state index contributed by atoms with van der Waals surface area (Å²) in [6.45, 7) is 2.69. The van der Waals surface area contributed by atoms with Gasteiger partial charge in [-0.3, -0.25) is 9.78 Å². The SMILES string of the molecule is CC(NC(=O)CCCCCCN)c1ccccn1. The molecular weight excluding hydrogens is 226 g/mol. The molecule has 0 bridgehead atoms. The van der Waals surface area contributed by atoms with E-state index in [1.807, 2.05) is 25.1 Å². The van der Waals surface area contributed by atoms with Crippen molar-refractivity contribution < 1.29 is 4.79 Å². The average molecular weight is 249 g/mol. The van der Waals surface area contributed by atoms with Crippen molar-refractivity contribution in [3.63, 3.8) is 0 Å². The first-order chi connectivity index (χ1) is 8.74. The molecule has 4 nitrogen and oxygen atoms in total. The molecule has 0 radical (unpaired) electrons. The molecule has 0 aromatic carbocycles. The Labute approximate surface area is 109 Å². The molecule has 1 unspecified atom stereocenters. The Morgan fingerprint density at radius 3 is 2.78 bits per heavy atom. The zero-order chi connectivity index (χ0) is 13.2. The van der Waals surface area contributed by atoms with E-state index in [1.54, 1.807) is 6.20 Å². The molecule has 1 atom stereocenters. The van der Waals surface area contributed by atoms with E-state index >= 15 is 0 Å². The number of hydrogen-bond donors (Lipinski definition) is 2. The Balaban J connectivity index is 2.20. The van der Waals surface area contributed by atoms with E-state index in [1.165, 1.54) is 0 Å². The third-order valence-electron chi connectivity index (χ3n) is 2.87. The second kappa shape index (κ2) is 8.64. The maximum absolute atomic E-state index is 11.7. The third kappa shape index (κ3) is 5.77.